The minimum Gasteiger partial charge on any atom is -0.461 e. The number of furan rings is 1. The Morgan fingerprint density at radius 2 is 1.68 bits per heavy atom. The van der Waals surface area contributed by atoms with E-state index in [9.17, 15) is 9.59 Å². The van der Waals surface area contributed by atoms with Gasteiger partial charge < -0.3 is 14.6 Å². The molecule has 0 fully saturated rings. The van der Waals surface area contributed by atoms with Gasteiger partial charge in [-0.3, -0.25) is 9.59 Å². The molecule has 5 nitrogen and oxygen atoms in total. The second-order valence-electron chi connectivity index (χ2n) is 6.47. The van der Waals surface area contributed by atoms with Crippen LogP contribution in [0, 0.1) is 0 Å². The Morgan fingerprint density at radius 3 is 2.36 bits per heavy atom. The SMILES string of the molecule is CN(C)C(=O)Sc1ccc(NC(=O)CCc2ccc(-c3ccccc3)o2)cc1. The topological polar surface area (TPSA) is 62.6 Å². The van der Waals surface area contributed by atoms with Crippen molar-refractivity contribution in [2.24, 2.45) is 0 Å². The van der Waals surface area contributed by atoms with Crippen molar-refractivity contribution in [3.8, 4) is 11.3 Å². The summed E-state index contributed by atoms with van der Waals surface area (Å²) in [5.74, 6) is 1.50. The molecule has 0 aliphatic carbocycles. The van der Waals surface area contributed by atoms with Crippen LogP contribution in [0.2, 0.25) is 0 Å². The molecular formula is C22H22N2O3S. The number of carbonyl (C=O) groups excluding carboxylic acids is 2. The molecule has 0 spiro atoms. The van der Waals surface area contributed by atoms with Crippen molar-refractivity contribution >= 4 is 28.6 Å². The van der Waals surface area contributed by atoms with E-state index in [0.29, 0.717) is 18.5 Å². The summed E-state index contributed by atoms with van der Waals surface area (Å²) in [5.41, 5.74) is 1.72. The zero-order valence-electron chi connectivity index (χ0n) is 15.8. The van der Waals surface area contributed by atoms with E-state index in [-0.39, 0.29) is 11.1 Å². The molecule has 1 aromatic heterocycles. The van der Waals surface area contributed by atoms with Gasteiger partial charge in [0.2, 0.25) is 5.91 Å². The normalized spacial score (nSPS) is 10.5. The van der Waals surface area contributed by atoms with Gasteiger partial charge in [-0.1, -0.05) is 30.3 Å². The van der Waals surface area contributed by atoms with Crippen LogP contribution in [-0.4, -0.2) is 30.1 Å². The Morgan fingerprint density at radius 1 is 0.964 bits per heavy atom. The van der Waals surface area contributed by atoms with E-state index in [1.165, 1.54) is 4.90 Å². The van der Waals surface area contributed by atoms with Crippen LogP contribution in [-0.2, 0) is 11.2 Å². The smallest absolute Gasteiger partial charge is 0.285 e. The fraction of sp³-hybridized carbons (Fsp3) is 0.182. The van der Waals surface area contributed by atoms with Gasteiger partial charge in [-0.15, -0.1) is 0 Å². The maximum atomic E-state index is 12.2. The van der Waals surface area contributed by atoms with E-state index in [0.717, 1.165) is 33.7 Å². The lowest BCUT2D eigenvalue weighted by Gasteiger charge is -2.09. The standard InChI is InChI=1S/C22H22N2O3S/c1-24(2)22(26)28-19-12-8-17(9-13-19)23-21(25)15-11-18-10-14-20(27-18)16-6-4-3-5-7-16/h3-10,12-14H,11,15H2,1-2H3,(H,23,25). The number of hydrogen-bond acceptors (Lipinski definition) is 4. The molecule has 0 unspecified atom stereocenters. The zero-order valence-corrected chi connectivity index (χ0v) is 16.7. The predicted octanol–water partition coefficient (Wildman–Crippen LogP) is 5.29. The van der Waals surface area contributed by atoms with Gasteiger partial charge in [0.1, 0.15) is 11.5 Å². The van der Waals surface area contributed by atoms with E-state index < -0.39 is 0 Å². The molecule has 0 radical (unpaired) electrons. The second kappa shape index (κ2) is 9.28. The van der Waals surface area contributed by atoms with Crippen molar-refractivity contribution in [2.45, 2.75) is 17.7 Å². The largest absolute Gasteiger partial charge is 0.461 e. The molecule has 0 saturated carbocycles. The number of nitrogens with zero attached hydrogens (tertiary/aromatic N) is 1. The molecule has 2 aromatic carbocycles. The Kier molecular flexibility index (Phi) is 6.55. The summed E-state index contributed by atoms with van der Waals surface area (Å²) in [6.07, 6.45) is 0.862. The first-order valence-corrected chi connectivity index (χ1v) is 9.76. The van der Waals surface area contributed by atoms with Crippen LogP contribution in [0.5, 0.6) is 0 Å². The average molecular weight is 394 g/mol. The Balaban J connectivity index is 1.49. The average Bonchev–Trinajstić information content (AvgIpc) is 3.17. The zero-order chi connectivity index (χ0) is 19.9. The summed E-state index contributed by atoms with van der Waals surface area (Å²) in [5, 5.41) is 2.83. The van der Waals surface area contributed by atoms with Crippen molar-refractivity contribution in [1.29, 1.82) is 0 Å². The highest BCUT2D eigenvalue weighted by Crippen LogP contribution is 2.24. The number of carbonyl (C=O) groups is 2. The maximum absolute atomic E-state index is 12.2. The molecule has 3 aromatic rings. The molecule has 144 valence electrons. The first-order valence-electron chi connectivity index (χ1n) is 8.94. The minimum absolute atomic E-state index is 0.0369. The predicted molar refractivity (Wildman–Crippen MR) is 112 cm³/mol. The molecule has 0 bridgehead atoms. The third kappa shape index (κ3) is 5.50. The molecule has 2 amide bonds. The summed E-state index contributed by atoms with van der Waals surface area (Å²) < 4.78 is 5.82. The van der Waals surface area contributed by atoms with Crippen molar-refractivity contribution < 1.29 is 14.0 Å². The number of benzene rings is 2. The molecule has 0 atom stereocenters. The lowest BCUT2D eigenvalue weighted by Crippen LogP contribution is -2.16. The monoisotopic (exact) mass is 394 g/mol. The highest BCUT2D eigenvalue weighted by Gasteiger charge is 2.09. The van der Waals surface area contributed by atoms with E-state index in [1.54, 1.807) is 26.2 Å². The molecule has 0 saturated heterocycles. The van der Waals surface area contributed by atoms with Gasteiger partial charge in [0.15, 0.2) is 0 Å². The molecular weight excluding hydrogens is 372 g/mol. The summed E-state index contributed by atoms with van der Waals surface area (Å²) >= 11 is 1.15. The number of thioether (sulfide) groups is 1. The van der Waals surface area contributed by atoms with Crippen LogP contribution in [0.1, 0.15) is 12.2 Å². The van der Waals surface area contributed by atoms with Crippen LogP contribution >= 0.6 is 11.8 Å². The van der Waals surface area contributed by atoms with Crippen LogP contribution in [0.15, 0.2) is 76.0 Å². The van der Waals surface area contributed by atoms with Crippen LogP contribution in [0.25, 0.3) is 11.3 Å². The van der Waals surface area contributed by atoms with E-state index in [2.05, 4.69) is 5.32 Å². The van der Waals surface area contributed by atoms with Crippen molar-refractivity contribution in [3.63, 3.8) is 0 Å². The summed E-state index contributed by atoms with van der Waals surface area (Å²) in [4.78, 5) is 26.3. The van der Waals surface area contributed by atoms with Crippen molar-refractivity contribution in [3.05, 3.63) is 72.5 Å². The van der Waals surface area contributed by atoms with Gasteiger partial charge in [0.25, 0.3) is 5.24 Å². The van der Waals surface area contributed by atoms with Gasteiger partial charge in [-0.2, -0.15) is 0 Å². The number of nitrogens with one attached hydrogen (secondary N) is 1. The fourth-order valence-corrected chi connectivity index (χ4v) is 3.18. The maximum Gasteiger partial charge on any atom is 0.285 e. The lowest BCUT2D eigenvalue weighted by atomic mass is 10.2. The third-order valence-corrected chi connectivity index (χ3v) is 5.07. The molecule has 0 aliphatic heterocycles. The second-order valence-corrected chi connectivity index (χ2v) is 7.49. The quantitative estimate of drug-likeness (QED) is 0.577. The highest BCUT2D eigenvalue weighted by molar-refractivity contribution is 8.13. The van der Waals surface area contributed by atoms with E-state index in [4.69, 9.17) is 4.42 Å². The summed E-state index contributed by atoms with van der Waals surface area (Å²) in [6, 6.07) is 20.9. The molecule has 6 heteroatoms. The van der Waals surface area contributed by atoms with Crippen LogP contribution in [0.4, 0.5) is 10.5 Å². The van der Waals surface area contributed by atoms with Crippen LogP contribution < -0.4 is 5.32 Å². The molecule has 0 aliphatic rings. The molecule has 1 heterocycles. The van der Waals surface area contributed by atoms with Gasteiger partial charge in [0.05, 0.1) is 0 Å². The number of rotatable bonds is 6. The van der Waals surface area contributed by atoms with E-state index in [1.807, 2.05) is 54.6 Å². The Bertz CT molecular complexity index is 934. The first-order chi connectivity index (χ1) is 13.5. The first kappa shape index (κ1) is 19.8. The van der Waals surface area contributed by atoms with Crippen molar-refractivity contribution in [1.82, 2.24) is 4.90 Å². The van der Waals surface area contributed by atoms with Crippen molar-refractivity contribution in [2.75, 3.05) is 19.4 Å². The van der Waals surface area contributed by atoms with Gasteiger partial charge in [0, 0.05) is 43.1 Å². The lowest BCUT2D eigenvalue weighted by molar-refractivity contribution is -0.116. The number of amides is 2. The van der Waals surface area contributed by atoms with Gasteiger partial charge >= 0.3 is 0 Å². The molecule has 28 heavy (non-hydrogen) atoms. The molecule has 1 N–H and O–H groups in total. The number of aryl methyl sites for hydroxylation is 1. The van der Waals surface area contributed by atoms with E-state index >= 15 is 0 Å². The van der Waals surface area contributed by atoms with Gasteiger partial charge in [-0.05, 0) is 48.2 Å². The Labute approximate surface area is 168 Å². The number of hydrogen-bond donors (Lipinski definition) is 1. The van der Waals surface area contributed by atoms with Crippen LogP contribution in [0.3, 0.4) is 0 Å². The minimum atomic E-state index is -0.0811. The third-order valence-electron chi connectivity index (χ3n) is 4.03. The Hall–Kier alpha value is -2.99. The van der Waals surface area contributed by atoms with Gasteiger partial charge in [-0.25, -0.2) is 0 Å². The number of anilines is 1. The fourth-order valence-electron chi connectivity index (χ4n) is 2.53. The highest BCUT2D eigenvalue weighted by atomic mass is 32.2. The molecule has 3 rings (SSSR count). The summed E-state index contributed by atoms with van der Waals surface area (Å²) in [6.45, 7) is 0. The summed E-state index contributed by atoms with van der Waals surface area (Å²) in [7, 11) is 3.43.